The predicted octanol–water partition coefficient (Wildman–Crippen LogP) is 5.27. The molecule has 0 saturated carbocycles. The van der Waals surface area contributed by atoms with Crippen molar-refractivity contribution in [1.29, 1.82) is 5.26 Å². The summed E-state index contributed by atoms with van der Waals surface area (Å²) in [4.78, 5) is 12.5. The smallest absolute Gasteiger partial charge is 0.319 e. The Kier molecular flexibility index (Phi) is 5.13. The van der Waals surface area contributed by atoms with E-state index >= 15 is 0 Å². The first kappa shape index (κ1) is 18.5. The first-order chi connectivity index (χ1) is 12.9. The molecule has 3 rings (SSSR count). The summed E-state index contributed by atoms with van der Waals surface area (Å²) in [6.45, 7) is 5.79. The molecule has 0 aliphatic rings. The fourth-order valence-corrected chi connectivity index (χ4v) is 3.02. The Morgan fingerprint density at radius 1 is 1.22 bits per heavy atom. The van der Waals surface area contributed by atoms with Gasteiger partial charge in [0.05, 0.1) is 17.7 Å². The minimum atomic E-state index is -0.408. The standard InChI is InChI=1S/C21H20FN3O2/c1-12(2)19(20-13(3)17-10-15(22)7-8-18(17)27-20)25-21(26)24-16-6-4-5-14(9-16)11-23/h4-10,12,19H,1-3H3,(H2,24,25,26)/t19-/m1/s1. The third-order valence-electron chi connectivity index (χ3n) is 4.42. The number of carbonyl (C=O) groups excluding carboxylic acids is 1. The number of fused-ring (bicyclic) bond motifs is 1. The van der Waals surface area contributed by atoms with E-state index in [1.807, 2.05) is 26.8 Å². The fraction of sp³-hybridized carbons (Fsp3) is 0.238. The van der Waals surface area contributed by atoms with Crippen molar-refractivity contribution in [2.24, 2.45) is 5.92 Å². The molecule has 0 fully saturated rings. The lowest BCUT2D eigenvalue weighted by Crippen LogP contribution is -2.35. The molecular weight excluding hydrogens is 345 g/mol. The van der Waals surface area contributed by atoms with E-state index in [-0.39, 0.29) is 17.8 Å². The van der Waals surface area contributed by atoms with Crippen molar-refractivity contribution in [3.8, 4) is 6.07 Å². The average Bonchev–Trinajstić information content (AvgIpc) is 2.95. The molecule has 0 saturated heterocycles. The lowest BCUT2D eigenvalue weighted by Gasteiger charge is -2.21. The number of furan rings is 1. The highest BCUT2D eigenvalue weighted by Crippen LogP contribution is 2.33. The van der Waals surface area contributed by atoms with Gasteiger partial charge in [-0.1, -0.05) is 19.9 Å². The topological polar surface area (TPSA) is 78.1 Å². The number of hydrogen-bond donors (Lipinski definition) is 2. The van der Waals surface area contributed by atoms with Gasteiger partial charge < -0.3 is 15.1 Å². The van der Waals surface area contributed by atoms with Crippen LogP contribution in [0.5, 0.6) is 0 Å². The van der Waals surface area contributed by atoms with E-state index in [1.54, 1.807) is 30.3 Å². The Hall–Kier alpha value is -3.33. The molecular formula is C21H20FN3O2. The number of rotatable bonds is 4. The van der Waals surface area contributed by atoms with E-state index in [9.17, 15) is 9.18 Å². The van der Waals surface area contributed by atoms with Gasteiger partial charge >= 0.3 is 6.03 Å². The van der Waals surface area contributed by atoms with Gasteiger partial charge in [0.1, 0.15) is 17.2 Å². The van der Waals surface area contributed by atoms with Gasteiger partial charge in [-0.15, -0.1) is 0 Å². The van der Waals surface area contributed by atoms with Crippen LogP contribution in [0.2, 0.25) is 0 Å². The molecule has 138 valence electrons. The number of hydrogen-bond acceptors (Lipinski definition) is 3. The van der Waals surface area contributed by atoms with Gasteiger partial charge in [0.25, 0.3) is 0 Å². The summed E-state index contributed by atoms with van der Waals surface area (Å²) in [5, 5.41) is 15.3. The lowest BCUT2D eigenvalue weighted by atomic mass is 9.98. The minimum Gasteiger partial charge on any atom is -0.459 e. The Labute approximate surface area is 156 Å². The van der Waals surface area contributed by atoms with Crippen LogP contribution in [0.3, 0.4) is 0 Å². The van der Waals surface area contributed by atoms with Crippen LogP contribution in [0, 0.1) is 30.0 Å². The van der Waals surface area contributed by atoms with Crippen molar-refractivity contribution >= 4 is 22.7 Å². The second-order valence-corrected chi connectivity index (χ2v) is 6.74. The van der Waals surface area contributed by atoms with Crippen LogP contribution >= 0.6 is 0 Å². The van der Waals surface area contributed by atoms with Crippen LogP contribution in [0.1, 0.15) is 36.8 Å². The lowest BCUT2D eigenvalue weighted by molar-refractivity contribution is 0.241. The Morgan fingerprint density at radius 2 is 2.00 bits per heavy atom. The maximum absolute atomic E-state index is 13.6. The van der Waals surface area contributed by atoms with E-state index < -0.39 is 6.03 Å². The highest BCUT2D eigenvalue weighted by molar-refractivity contribution is 5.90. The quantitative estimate of drug-likeness (QED) is 0.661. The average molecular weight is 365 g/mol. The van der Waals surface area contributed by atoms with Crippen molar-refractivity contribution in [3.63, 3.8) is 0 Å². The van der Waals surface area contributed by atoms with Gasteiger partial charge in [0, 0.05) is 16.6 Å². The monoisotopic (exact) mass is 365 g/mol. The zero-order valence-electron chi connectivity index (χ0n) is 15.3. The molecule has 2 aromatic carbocycles. The normalized spacial score (nSPS) is 12.0. The largest absolute Gasteiger partial charge is 0.459 e. The molecule has 0 unspecified atom stereocenters. The van der Waals surface area contributed by atoms with E-state index in [0.29, 0.717) is 28.0 Å². The first-order valence-corrected chi connectivity index (χ1v) is 8.65. The van der Waals surface area contributed by atoms with E-state index in [2.05, 4.69) is 10.6 Å². The molecule has 1 heterocycles. The van der Waals surface area contributed by atoms with Crippen LogP contribution in [-0.2, 0) is 0 Å². The third-order valence-corrected chi connectivity index (χ3v) is 4.42. The zero-order valence-corrected chi connectivity index (χ0v) is 15.3. The summed E-state index contributed by atoms with van der Waals surface area (Å²) in [6.07, 6.45) is 0. The highest BCUT2D eigenvalue weighted by Gasteiger charge is 2.25. The van der Waals surface area contributed by atoms with Crippen molar-refractivity contribution in [3.05, 3.63) is 65.2 Å². The Morgan fingerprint density at radius 3 is 2.70 bits per heavy atom. The molecule has 1 atom stereocenters. The molecule has 3 aromatic rings. The van der Waals surface area contributed by atoms with Crippen LogP contribution in [0.15, 0.2) is 46.9 Å². The van der Waals surface area contributed by atoms with Gasteiger partial charge in [-0.25, -0.2) is 9.18 Å². The van der Waals surface area contributed by atoms with Crippen molar-refractivity contribution in [1.82, 2.24) is 5.32 Å². The number of carbonyl (C=O) groups is 1. The molecule has 6 heteroatoms. The molecule has 0 aliphatic carbocycles. The number of benzene rings is 2. The SMILES string of the molecule is Cc1c([C@H](NC(=O)Nc2cccc(C#N)c2)C(C)C)oc2ccc(F)cc12. The summed E-state index contributed by atoms with van der Waals surface area (Å²) in [7, 11) is 0. The Bertz CT molecular complexity index is 1030. The van der Waals surface area contributed by atoms with Gasteiger partial charge in [-0.2, -0.15) is 5.26 Å². The number of anilines is 1. The zero-order chi connectivity index (χ0) is 19.6. The highest BCUT2D eigenvalue weighted by atomic mass is 19.1. The number of nitriles is 1. The number of halogens is 1. The fourth-order valence-electron chi connectivity index (χ4n) is 3.02. The summed E-state index contributed by atoms with van der Waals surface area (Å²) in [5.41, 5.74) is 2.37. The Balaban J connectivity index is 1.85. The molecule has 0 aliphatic heterocycles. The van der Waals surface area contributed by atoms with Gasteiger partial charge in [0.2, 0.25) is 0 Å². The van der Waals surface area contributed by atoms with Crippen LogP contribution in [-0.4, -0.2) is 6.03 Å². The van der Waals surface area contributed by atoms with Gasteiger partial charge in [-0.3, -0.25) is 0 Å². The van der Waals surface area contributed by atoms with Gasteiger partial charge in [0.15, 0.2) is 0 Å². The summed E-state index contributed by atoms with van der Waals surface area (Å²) < 4.78 is 19.5. The maximum Gasteiger partial charge on any atom is 0.319 e. The molecule has 0 bridgehead atoms. The van der Waals surface area contributed by atoms with Crippen molar-refractivity contribution in [2.75, 3.05) is 5.32 Å². The number of urea groups is 1. The second kappa shape index (κ2) is 7.50. The van der Waals surface area contributed by atoms with Crippen molar-refractivity contribution in [2.45, 2.75) is 26.8 Å². The second-order valence-electron chi connectivity index (χ2n) is 6.74. The molecule has 5 nitrogen and oxygen atoms in total. The molecule has 0 radical (unpaired) electrons. The van der Waals surface area contributed by atoms with Crippen LogP contribution in [0.25, 0.3) is 11.0 Å². The minimum absolute atomic E-state index is 0.0466. The molecule has 27 heavy (non-hydrogen) atoms. The first-order valence-electron chi connectivity index (χ1n) is 8.65. The van der Waals surface area contributed by atoms with E-state index in [0.717, 1.165) is 5.56 Å². The molecule has 1 aromatic heterocycles. The molecule has 0 spiro atoms. The number of nitrogens with one attached hydrogen (secondary N) is 2. The third kappa shape index (κ3) is 3.93. The van der Waals surface area contributed by atoms with Crippen LogP contribution < -0.4 is 10.6 Å². The summed E-state index contributed by atoms with van der Waals surface area (Å²) in [6, 6.07) is 12.3. The summed E-state index contributed by atoms with van der Waals surface area (Å²) in [5.74, 6) is 0.318. The van der Waals surface area contributed by atoms with Gasteiger partial charge in [-0.05, 0) is 49.2 Å². The molecule has 2 amide bonds. The number of aryl methyl sites for hydroxylation is 1. The predicted molar refractivity (Wildman–Crippen MR) is 102 cm³/mol. The van der Waals surface area contributed by atoms with Crippen molar-refractivity contribution < 1.29 is 13.6 Å². The summed E-state index contributed by atoms with van der Waals surface area (Å²) >= 11 is 0. The van der Waals surface area contributed by atoms with E-state index in [4.69, 9.17) is 9.68 Å². The maximum atomic E-state index is 13.6. The van der Waals surface area contributed by atoms with Crippen LogP contribution in [0.4, 0.5) is 14.9 Å². The number of nitrogens with zero attached hydrogens (tertiary/aromatic N) is 1. The van der Waals surface area contributed by atoms with E-state index in [1.165, 1.54) is 12.1 Å². The molecule has 2 N–H and O–H groups in total. The number of amides is 2.